The molecule has 2 aromatic heterocycles. The minimum Gasteiger partial charge on any atom is -0.465 e. The number of fused-ring (bicyclic) bond motifs is 1. The highest BCUT2D eigenvalue weighted by atomic mass is 32.2. The van der Waals surface area contributed by atoms with Crippen LogP contribution >= 0.6 is 23.1 Å². The SMILES string of the molecule is CCn1c(SCC(=O)Nc2sc3c(c2C(=O)OC)CCCCCC3)nnc1C1CC1c1ccccc1. The Bertz CT molecular complexity index is 1240. The van der Waals surface area contributed by atoms with E-state index in [4.69, 9.17) is 4.74 Å². The number of nitrogens with one attached hydrogen (secondary N) is 1. The van der Waals surface area contributed by atoms with Crippen LogP contribution in [-0.4, -0.2) is 39.5 Å². The van der Waals surface area contributed by atoms with E-state index < -0.39 is 0 Å². The number of benzene rings is 1. The molecule has 190 valence electrons. The normalized spacial score (nSPS) is 19.2. The Hall–Kier alpha value is -2.65. The number of methoxy groups -OCH3 is 1. The number of anilines is 1. The summed E-state index contributed by atoms with van der Waals surface area (Å²) in [5.41, 5.74) is 2.94. The number of nitrogens with zero attached hydrogens (tertiary/aromatic N) is 3. The Labute approximate surface area is 220 Å². The van der Waals surface area contributed by atoms with Crippen molar-refractivity contribution in [1.29, 1.82) is 0 Å². The fourth-order valence-corrected chi connectivity index (χ4v) is 7.25. The molecule has 1 amide bonds. The molecule has 2 aliphatic rings. The Kier molecular flexibility index (Phi) is 7.76. The largest absolute Gasteiger partial charge is 0.465 e. The molecule has 3 aromatic rings. The van der Waals surface area contributed by atoms with E-state index in [1.165, 1.54) is 53.5 Å². The Morgan fingerprint density at radius 1 is 1.11 bits per heavy atom. The first-order valence-corrected chi connectivity index (χ1v) is 14.5. The molecule has 0 radical (unpaired) electrons. The molecule has 2 heterocycles. The smallest absolute Gasteiger partial charge is 0.341 e. The van der Waals surface area contributed by atoms with Crippen LogP contribution in [0.15, 0.2) is 35.5 Å². The second-order valence-corrected chi connectivity index (χ2v) is 11.4. The number of ether oxygens (including phenoxy) is 1. The van der Waals surface area contributed by atoms with Crippen LogP contribution in [0.25, 0.3) is 0 Å². The summed E-state index contributed by atoms with van der Waals surface area (Å²) in [7, 11) is 1.40. The van der Waals surface area contributed by atoms with Crippen LogP contribution in [-0.2, 0) is 28.9 Å². The van der Waals surface area contributed by atoms with Crippen molar-refractivity contribution >= 4 is 40.0 Å². The highest BCUT2D eigenvalue weighted by molar-refractivity contribution is 7.99. The maximum absolute atomic E-state index is 13.0. The van der Waals surface area contributed by atoms with Crippen molar-refractivity contribution in [3.8, 4) is 0 Å². The second kappa shape index (κ2) is 11.2. The Morgan fingerprint density at radius 2 is 1.89 bits per heavy atom. The molecule has 0 bridgehead atoms. The maximum Gasteiger partial charge on any atom is 0.341 e. The van der Waals surface area contributed by atoms with Crippen LogP contribution in [0.1, 0.15) is 83.1 Å². The zero-order valence-corrected chi connectivity index (χ0v) is 22.4. The molecular weight excluding hydrogens is 492 g/mol. The Balaban J connectivity index is 1.26. The van der Waals surface area contributed by atoms with E-state index in [1.54, 1.807) is 0 Å². The number of aryl methyl sites for hydroxylation is 1. The fourth-order valence-electron chi connectivity index (χ4n) is 5.15. The average molecular weight is 525 g/mol. The van der Waals surface area contributed by atoms with Crippen molar-refractivity contribution in [1.82, 2.24) is 14.8 Å². The van der Waals surface area contributed by atoms with E-state index >= 15 is 0 Å². The van der Waals surface area contributed by atoms with Gasteiger partial charge in [-0.3, -0.25) is 4.79 Å². The van der Waals surface area contributed by atoms with Gasteiger partial charge >= 0.3 is 5.97 Å². The van der Waals surface area contributed by atoms with Crippen molar-refractivity contribution < 1.29 is 14.3 Å². The molecule has 1 N–H and O–H groups in total. The summed E-state index contributed by atoms with van der Waals surface area (Å²) in [4.78, 5) is 26.8. The first-order valence-electron chi connectivity index (χ1n) is 12.7. The van der Waals surface area contributed by atoms with Crippen molar-refractivity contribution in [2.24, 2.45) is 0 Å². The zero-order valence-electron chi connectivity index (χ0n) is 20.8. The summed E-state index contributed by atoms with van der Waals surface area (Å²) in [6.07, 6.45) is 7.41. The van der Waals surface area contributed by atoms with Crippen molar-refractivity contribution in [2.75, 3.05) is 18.2 Å². The summed E-state index contributed by atoms with van der Waals surface area (Å²) < 4.78 is 7.20. The molecule has 5 rings (SSSR count). The van der Waals surface area contributed by atoms with Crippen molar-refractivity contribution in [2.45, 2.75) is 75.4 Å². The highest BCUT2D eigenvalue weighted by Crippen LogP contribution is 2.54. The third kappa shape index (κ3) is 5.22. The van der Waals surface area contributed by atoms with Gasteiger partial charge in [0.1, 0.15) is 10.8 Å². The number of hydrogen-bond acceptors (Lipinski definition) is 7. The number of hydrogen-bond donors (Lipinski definition) is 1. The Morgan fingerprint density at radius 3 is 2.64 bits per heavy atom. The third-order valence-electron chi connectivity index (χ3n) is 7.06. The number of aromatic nitrogens is 3. The standard InChI is InChI=1S/C27H32N4O3S2/c1-3-31-24(20-15-19(20)17-11-7-6-8-12-17)29-30-27(31)35-16-22(32)28-25-23(26(33)34-2)18-13-9-4-5-10-14-21(18)36-25/h6-8,11-12,19-20H,3-5,9-10,13-16H2,1-2H3,(H,28,32). The van der Waals surface area contributed by atoms with Gasteiger partial charge in [-0.25, -0.2) is 4.79 Å². The van der Waals surface area contributed by atoms with Crippen LogP contribution in [0.5, 0.6) is 0 Å². The molecule has 36 heavy (non-hydrogen) atoms. The van der Waals surface area contributed by atoms with Gasteiger partial charge in [0.05, 0.1) is 18.4 Å². The molecule has 0 aliphatic heterocycles. The van der Waals surface area contributed by atoms with Gasteiger partial charge in [-0.15, -0.1) is 21.5 Å². The first kappa shape index (κ1) is 25.0. The fraction of sp³-hybridized carbons (Fsp3) is 0.481. The number of rotatable bonds is 8. The molecule has 1 aromatic carbocycles. The van der Waals surface area contributed by atoms with E-state index in [2.05, 4.69) is 51.3 Å². The number of amides is 1. The van der Waals surface area contributed by atoms with Crippen molar-refractivity contribution in [3.05, 3.63) is 57.7 Å². The quantitative estimate of drug-likeness (QED) is 0.296. The van der Waals surface area contributed by atoms with Crippen LogP contribution in [0, 0.1) is 0 Å². The van der Waals surface area contributed by atoms with Gasteiger partial charge in [0.25, 0.3) is 0 Å². The minimum atomic E-state index is -0.371. The molecule has 2 unspecified atom stereocenters. The van der Waals surface area contributed by atoms with Gasteiger partial charge in [-0.2, -0.15) is 0 Å². The van der Waals surface area contributed by atoms with Gasteiger partial charge in [-0.05, 0) is 56.1 Å². The van der Waals surface area contributed by atoms with E-state index in [0.29, 0.717) is 22.4 Å². The average Bonchev–Trinajstić information content (AvgIpc) is 3.47. The molecule has 2 aliphatic carbocycles. The summed E-state index contributed by atoms with van der Waals surface area (Å²) >= 11 is 2.91. The van der Waals surface area contributed by atoms with Gasteiger partial charge in [-0.1, -0.05) is 54.9 Å². The van der Waals surface area contributed by atoms with E-state index in [1.807, 2.05) is 6.07 Å². The molecule has 9 heteroatoms. The lowest BCUT2D eigenvalue weighted by molar-refractivity contribution is -0.113. The van der Waals surface area contributed by atoms with Crippen LogP contribution in [0.4, 0.5) is 5.00 Å². The van der Waals surface area contributed by atoms with Crippen molar-refractivity contribution in [3.63, 3.8) is 0 Å². The van der Waals surface area contributed by atoms with Gasteiger partial charge in [0.15, 0.2) is 5.16 Å². The summed E-state index contributed by atoms with van der Waals surface area (Å²) in [5.74, 6) is 1.53. The molecular formula is C27H32N4O3S2. The molecule has 1 fully saturated rings. The third-order valence-corrected chi connectivity index (χ3v) is 9.23. The predicted molar refractivity (Wildman–Crippen MR) is 143 cm³/mol. The second-order valence-electron chi connectivity index (χ2n) is 9.39. The maximum atomic E-state index is 13.0. The number of esters is 1. The molecule has 0 spiro atoms. The molecule has 0 saturated heterocycles. The van der Waals surface area contributed by atoms with Gasteiger partial charge in [0, 0.05) is 17.3 Å². The van der Waals surface area contributed by atoms with Crippen LogP contribution < -0.4 is 5.32 Å². The lowest BCUT2D eigenvalue weighted by Crippen LogP contribution is -2.17. The number of thioether (sulfide) groups is 1. The van der Waals surface area contributed by atoms with E-state index in [9.17, 15) is 9.59 Å². The number of carbonyl (C=O) groups excluding carboxylic acids is 2. The monoisotopic (exact) mass is 524 g/mol. The van der Waals surface area contributed by atoms with E-state index in [0.717, 1.165) is 55.2 Å². The topological polar surface area (TPSA) is 86.1 Å². The number of carbonyl (C=O) groups is 2. The summed E-state index contributed by atoms with van der Waals surface area (Å²) in [6, 6.07) is 10.5. The van der Waals surface area contributed by atoms with E-state index in [-0.39, 0.29) is 17.6 Å². The molecule has 1 saturated carbocycles. The zero-order chi connectivity index (χ0) is 25.1. The summed E-state index contributed by atoms with van der Waals surface area (Å²) in [5, 5.41) is 13.3. The molecule has 2 atom stereocenters. The lowest BCUT2D eigenvalue weighted by atomic mass is 9.96. The predicted octanol–water partition coefficient (Wildman–Crippen LogP) is 5.81. The molecule has 7 nitrogen and oxygen atoms in total. The van der Waals surface area contributed by atoms with Gasteiger partial charge < -0.3 is 14.6 Å². The van der Waals surface area contributed by atoms with Crippen LogP contribution in [0.2, 0.25) is 0 Å². The minimum absolute atomic E-state index is 0.153. The first-order chi connectivity index (χ1) is 17.6. The summed E-state index contributed by atoms with van der Waals surface area (Å²) in [6.45, 7) is 2.84. The van der Waals surface area contributed by atoms with Crippen LogP contribution in [0.3, 0.4) is 0 Å². The number of thiophene rings is 1. The van der Waals surface area contributed by atoms with Gasteiger partial charge in [0.2, 0.25) is 5.91 Å². The highest BCUT2D eigenvalue weighted by Gasteiger charge is 2.43. The lowest BCUT2D eigenvalue weighted by Gasteiger charge is -2.11.